The summed E-state index contributed by atoms with van der Waals surface area (Å²) in [5, 5.41) is 14.7. The number of amides is 2. The summed E-state index contributed by atoms with van der Waals surface area (Å²) >= 11 is 0. The fourth-order valence-electron chi connectivity index (χ4n) is 2.25. The molecule has 2 amide bonds. The molecule has 1 atom stereocenters. The minimum atomic E-state index is -0.380. The number of aliphatic hydroxyl groups is 1. The Kier molecular flexibility index (Phi) is 6.07. The Hall–Kier alpha value is -1.14. The zero-order valence-corrected chi connectivity index (χ0v) is 11.1. The summed E-state index contributed by atoms with van der Waals surface area (Å²) in [6.07, 6.45) is 1.72. The first-order valence-corrected chi connectivity index (χ1v) is 6.55. The lowest BCUT2D eigenvalue weighted by atomic mass is 10.1. The van der Waals surface area contributed by atoms with Gasteiger partial charge in [-0.15, -0.1) is 0 Å². The van der Waals surface area contributed by atoms with E-state index in [-0.39, 0.29) is 37.0 Å². The summed E-state index contributed by atoms with van der Waals surface area (Å²) in [5.74, 6) is -0.131. The van der Waals surface area contributed by atoms with Crippen molar-refractivity contribution in [3.8, 4) is 0 Å². The summed E-state index contributed by atoms with van der Waals surface area (Å²) in [5.41, 5.74) is 0. The molecule has 1 saturated heterocycles. The summed E-state index contributed by atoms with van der Waals surface area (Å²) < 4.78 is 0. The maximum atomic E-state index is 12.4. The molecule has 18 heavy (non-hydrogen) atoms. The van der Waals surface area contributed by atoms with Gasteiger partial charge >= 0.3 is 0 Å². The van der Waals surface area contributed by atoms with Crippen molar-refractivity contribution in [2.45, 2.75) is 38.8 Å². The van der Waals surface area contributed by atoms with E-state index in [1.54, 1.807) is 4.90 Å². The van der Waals surface area contributed by atoms with E-state index in [9.17, 15) is 9.59 Å². The lowest BCUT2D eigenvalue weighted by Crippen LogP contribution is -2.60. The largest absolute Gasteiger partial charge is 0.395 e. The molecule has 0 aromatic rings. The Morgan fingerprint density at radius 2 is 2.17 bits per heavy atom. The number of nitrogens with one attached hydrogen (secondary N) is 2. The molecule has 6 heteroatoms. The van der Waals surface area contributed by atoms with Crippen LogP contribution in [0.25, 0.3) is 0 Å². The third-order valence-corrected chi connectivity index (χ3v) is 3.32. The van der Waals surface area contributed by atoms with Gasteiger partial charge in [0.15, 0.2) is 0 Å². The van der Waals surface area contributed by atoms with Gasteiger partial charge in [-0.05, 0) is 12.8 Å². The molecule has 1 fully saturated rings. The average Bonchev–Trinajstić information content (AvgIpc) is 2.39. The Morgan fingerprint density at radius 3 is 2.61 bits per heavy atom. The van der Waals surface area contributed by atoms with Gasteiger partial charge in [-0.3, -0.25) is 14.9 Å². The molecule has 6 nitrogen and oxygen atoms in total. The molecule has 3 N–H and O–H groups in total. The van der Waals surface area contributed by atoms with Crippen LogP contribution in [-0.4, -0.2) is 60.1 Å². The van der Waals surface area contributed by atoms with Gasteiger partial charge in [0.1, 0.15) is 6.04 Å². The van der Waals surface area contributed by atoms with Crippen molar-refractivity contribution < 1.29 is 14.7 Å². The molecule has 0 radical (unpaired) electrons. The molecule has 0 spiro atoms. The van der Waals surface area contributed by atoms with E-state index >= 15 is 0 Å². The van der Waals surface area contributed by atoms with Gasteiger partial charge in [0.2, 0.25) is 11.8 Å². The number of aliphatic hydroxyl groups excluding tert-OH is 1. The van der Waals surface area contributed by atoms with Crippen LogP contribution < -0.4 is 10.6 Å². The van der Waals surface area contributed by atoms with Crippen molar-refractivity contribution in [3.05, 3.63) is 0 Å². The highest BCUT2D eigenvalue weighted by Gasteiger charge is 2.30. The number of hydrogen-bond donors (Lipinski definition) is 3. The first-order valence-electron chi connectivity index (χ1n) is 6.55. The maximum Gasteiger partial charge on any atom is 0.241 e. The number of carbonyl (C=O) groups is 2. The highest BCUT2D eigenvalue weighted by atomic mass is 16.3. The molecule has 0 aliphatic carbocycles. The smallest absolute Gasteiger partial charge is 0.241 e. The van der Waals surface area contributed by atoms with Crippen molar-refractivity contribution in [1.82, 2.24) is 15.5 Å². The zero-order chi connectivity index (χ0) is 13.5. The van der Waals surface area contributed by atoms with Gasteiger partial charge in [0.25, 0.3) is 0 Å². The minimum Gasteiger partial charge on any atom is -0.395 e. The molecule has 104 valence electrons. The predicted molar refractivity (Wildman–Crippen MR) is 68.0 cm³/mol. The Morgan fingerprint density at radius 1 is 1.50 bits per heavy atom. The first kappa shape index (κ1) is 14.9. The summed E-state index contributed by atoms with van der Waals surface area (Å²) in [6.45, 7) is 4.86. The second-order valence-corrected chi connectivity index (χ2v) is 4.46. The molecule has 0 aromatic heterocycles. The highest BCUT2D eigenvalue weighted by Crippen LogP contribution is 2.10. The van der Waals surface area contributed by atoms with Crippen LogP contribution >= 0.6 is 0 Å². The fraction of sp³-hybridized carbons (Fsp3) is 0.833. The van der Waals surface area contributed by atoms with Crippen LogP contribution in [0.5, 0.6) is 0 Å². The molecule has 1 rings (SSSR count). The van der Waals surface area contributed by atoms with Crippen LogP contribution in [0.1, 0.15) is 26.7 Å². The monoisotopic (exact) mass is 257 g/mol. The third kappa shape index (κ3) is 3.68. The summed E-state index contributed by atoms with van der Waals surface area (Å²) in [6, 6.07) is -0.237. The predicted octanol–water partition coefficient (Wildman–Crippen LogP) is -0.916. The summed E-state index contributed by atoms with van der Waals surface area (Å²) in [7, 11) is 0. The normalized spacial score (nSPS) is 19.8. The number of carbonyl (C=O) groups excluding carboxylic acids is 2. The van der Waals surface area contributed by atoms with Gasteiger partial charge in [0, 0.05) is 19.1 Å². The summed E-state index contributed by atoms with van der Waals surface area (Å²) in [4.78, 5) is 25.1. The van der Waals surface area contributed by atoms with Crippen LogP contribution in [0, 0.1) is 0 Å². The average molecular weight is 257 g/mol. The number of nitrogens with zero attached hydrogens (tertiary/aromatic N) is 1. The van der Waals surface area contributed by atoms with E-state index in [4.69, 9.17) is 5.11 Å². The number of rotatable bonds is 6. The maximum absolute atomic E-state index is 12.4. The number of piperazine rings is 1. The van der Waals surface area contributed by atoms with Crippen molar-refractivity contribution in [2.75, 3.05) is 26.2 Å². The van der Waals surface area contributed by atoms with E-state index in [1.165, 1.54) is 0 Å². The van der Waals surface area contributed by atoms with E-state index < -0.39 is 0 Å². The van der Waals surface area contributed by atoms with E-state index in [0.717, 1.165) is 12.8 Å². The lowest BCUT2D eigenvalue weighted by molar-refractivity contribution is -0.137. The van der Waals surface area contributed by atoms with Crippen molar-refractivity contribution in [2.24, 2.45) is 0 Å². The number of hydrogen-bond acceptors (Lipinski definition) is 4. The third-order valence-electron chi connectivity index (χ3n) is 3.32. The van der Waals surface area contributed by atoms with Gasteiger partial charge in [0.05, 0.1) is 13.2 Å². The fourth-order valence-corrected chi connectivity index (χ4v) is 2.25. The van der Waals surface area contributed by atoms with Crippen LogP contribution in [0.15, 0.2) is 0 Å². The van der Waals surface area contributed by atoms with Gasteiger partial charge < -0.3 is 15.3 Å². The standard InChI is InChI=1S/C12H23N3O3/c1-3-9(4-2)15(5-6-16)12(18)10-7-14-11(17)8-13-10/h9-10,13,16H,3-8H2,1-2H3,(H,14,17). The Labute approximate surface area is 108 Å². The van der Waals surface area contributed by atoms with Crippen LogP contribution in [0.3, 0.4) is 0 Å². The topological polar surface area (TPSA) is 81.7 Å². The zero-order valence-electron chi connectivity index (χ0n) is 11.1. The van der Waals surface area contributed by atoms with Crippen LogP contribution in [0.2, 0.25) is 0 Å². The molecular weight excluding hydrogens is 234 g/mol. The van der Waals surface area contributed by atoms with Gasteiger partial charge in [-0.25, -0.2) is 0 Å². The molecule has 0 bridgehead atoms. The quantitative estimate of drug-likeness (QED) is 0.575. The minimum absolute atomic E-state index is 0.0404. The van der Waals surface area contributed by atoms with Crippen LogP contribution in [0.4, 0.5) is 0 Å². The van der Waals surface area contributed by atoms with Crippen LogP contribution in [-0.2, 0) is 9.59 Å². The molecule has 1 aliphatic heterocycles. The molecular formula is C12H23N3O3. The van der Waals surface area contributed by atoms with Crippen molar-refractivity contribution in [1.29, 1.82) is 0 Å². The first-order chi connectivity index (χ1) is 8.63. The molecule has 0 aromatic carbocycles. The lowest BCUT2D eigenvalue weighted by Gasteiger charge is -2.34. The van der Waals surface area contributed by atoms with Gasteiger partial charge in [-0.1, -0.05) is 13.8 Å². The SMILES string of the molecule is CCC(CC)N(CCO)C(=O)C1CNC(=O)CN1. The van der Waals surface area contributed by atoms with Crippen molar-refractivity contribution in [3.63, 3.8) is 0 Å². The molecule has 0 saturated carbocycles. The van der Waals surface area contributed by atoms with E-state index in [1.807, 2.05) is 13.8 Å². The molecule has 1 aliphatic rings. The van der Waals surface area contributed by atoms with E-state index in [0.29, 0.717) is 13.1 Å². The second-order valence-electron chi connectivity index (χ2n) is 4.46. The van der Waals surface area contributed by atoms with Crippen molar-refractivity contribution >= 4 is 11.8 Å². The second kappa shape index (κ2) is 7.33. The van der Waals surface area contributed by atoms with E-state index in [2.05, 4.69) is 10.6 Å². The highest BCUT2D eigenvalue weighted by molar-refractivity contribution is 5.87. The molecule has 1 unspecified atom stereocenters. The molecule has 1 heterocycles. The Balaban J connectivity index is 2.66. The Bertz CT molecular complexity index is 282. The van der Waals surface area contributed by atoms with Gasteiger partial charge in [-0.2, -0.15) is 0 Å².